The molecule has 2 heterocycles. The van der Waals surface area contributed by atoms with Crippen molar-refractivity contribution in [3.63, 3.8) is 0 Å². The third kappa shape index (κ3) is 2.84. The highest BCUT2D eigenvalue weighted by molar-refractivity contribution is 9.10. The minimum absolute atomic E-state index is 0.153. The molecule has 3 rings (SSSR count). The van der Waals surface area contributed by atoms with E-state index < -0.39 is 0 Å². The van der Waals surface area contributed by atoms with Crippen LogP contribution in [0, 0.1) is 0 Å². The van der Waals surface area contributed by atoms with Crippen LogP contribution in [-0.2, 0) is 13.1 Å². The van der Waals surface area contributed by atoms with Crippen LogP contribution < -0.4 is 10.5 Å². The molecule has 0 aliphatic carbocycles. The molecule has 21 heavy (non-hydrogen) atoms. The molecule has 1 aliphatic heterocycles. The van der Waals surface area contributed by atoms with E-state index in [4.69, 9.17) is 10.5 Å². The van der Waals surface area contributed by atoms with Crippen LogP contribution in [0.25, 0.3) is 0 Å². The van der Waals surface area contributed by atoms with Crippen molar-refractivity contribution < 1.29 is 4.74 Å². The van der Waals surface area contributed by atoms with Gasteiger partial charge in [-0.15, -0.1) is 0 Å². The first kappa shape index (κ1) is 14.6. The number of nitrogens with two attached hydrogens (primary N) is 1. The van der Waals surface area contributed by atoms with Gasteiger partial charge in [-0.05, 0) is 23.8 Å². The normalized spacial score (nSPS) is 16.5. The van der Waals surface area contributed by atoms with E-state index in [2.05, 4.69) is 36.4 Å². The lowest BCUT2D eigenvalue weighted by Crippen LogP contribution is -2.39. The first-order chi connectivity index (χ1) is 10.2. The van der Waals surface area contributed by atoms with Crippen molar-refractivity contribution in [3.05, 3.63) is 46.5 Å². The molecule has 6 heteroatoms. The van der Waals surface area contributed by atoms with Crippen molar-refractivity contribution in [1.82, 2.24) is 14.5 Å². The molecule has 1 aliphatic rings. The summed E-state index contributed by atoms with van der Waals surface area (Å²) in [6.45, 7) is 3.30. The van der Waals surface area contributed by atoms with Gasteiger partial charge in [-0.2, -0.15) is 0 Å². The molecule has 112 valence electrons. The van der Waals surface area contributed by atoms with Crippen molar-refractivity contribution in [1.29, 1.82) is 0 Å². The van der Waals surface area contributed by atoms with Crippen LogP contribution in [0.5, 0.6) is 5.75 Å². The van der Waals surface area contributed by atoms with Gasteiger partial charge in [-0.25, -0.2) is 4.98 Å². The first-order valence-electron chi connectivity index (χ1n) is 7.00. The fourth-order valence-corrected chi connectivity index (χ4v) is 3.35. The highest BCUT2D eigenvalue weighted by Crippen LogP contribution is 2.32. The fourth-order valence-electron chi connectivity index (χ4n) is 2.84. The Bertz CT molecular complexity index is 628. The molecule has 1 unspecified atom stereocenters. The van der Waals surface area contributed by atoms with Gasteiger partial charge in [0.2, 0.25) is 0 Å². The molecule has 1 aromatic heterocycles. The standard InChI is InChI=1S/C15H19BrN4O/c1-21-11-2-3-13(16)12(8-11)14(9-17)20-7-6-19-5-4-18-15(19)10-20/h2-5,8,14H,6-7,9-10,17H2,1H3. The molecule has 0 fully saturated rings. The molecular weight excluding hydrogens is 332 g/mol. The van der Waals surface area contributed by atoms with Gasteiger partial charge in [-0.3, -0.25) is 4.90 Å². The van der Waals surface area contributed by atoms with Crippen molar-refractivity contribution in [2.24, 2.45) is 5.73 Å². The molecule has 0 bridgehead atoms. The molecule has 0 saturated carbocycles. The number of rotatable bonds is 4. The maximum absolute atomic E-state index is 6.06. The summed E-state index contributed by atoms with van der Waals surface area (Å²) in [5, 5.41) is 0. The SMILES string of the molecule is COc1ccc(Br)c(C(CN)N2CCn3ccnc3C2)c1. The Balaban J connectivity index is 1.89. The number of aromatic nitrogens is 2. The summed E-state index contributed by atoms with van der Waals surface area (Å²) in [6, 6.07) is 6.18. The van der Waals surface area contributed by atoms with Crippen LogP contribution in [-0.4, -0.2) is 34.7 Å². The molecule has 0 radical (unpaired) electrons. The second-order valence-corrected chi connectivity index (χ2v) is 6.00. The van der Waals surface area contributed by atoms with Gasteiger partial charge in [0.15, 0.2) is 0 Å². The van der Waals surface area contributed by atoms with Gasteiger partial charge in [0.25, 0.3) is 0 Å². The molecule has 0 saturated heterocycles. The minimum Gasteiger partial charge on any atom is -0.497 e. The summed E-state index contributed by atoms with van der Waals surface area (Å²) in [5.41, 5.74) is 7.22. The Morgan fingerprint density at radius 1 is 1.43 bits per heavy atom. The van der Waals surface area contributed by atoms with Crippen LogP contribution in [0.3, 0.4) is 0 Å². The van der Waals surface area contributed by atoms with Crippen molar-refractivity contribution in [3.8, 4) is 5.75 Å². The molecule has 2 aromatic rings. The van der Waals surface area contributed by atoms with E-state index in [1.807, 2.05) is 24.5 Å². The highest BCUT2D eigenvalue weighted by Gasteiger charge is 2.26. The van der Waals surface area contributed by atoms with E-state index in [9.17, 15) is 0 Å². The van der Waals surface area contributed by atoms with E-state index in [1.54, 1.807) is 7.11 Å². The van der Waals surface area contributed by atoms with Gasteiger partial charge < -0.3 is 15.0 Å². The maximum atomic E-state index is 6.06. The van der Waals surface area contributed by atoms with Crippen LogP contribution >= 0.6 is 15.9 Å². The van der Waals surface area contributed by atoms with Crippen molar-refractivity contribution in [2.75, 3.05) is 20.2 Å². The van der Waals surface area contributed by atoms with Gasteiger partial charge in [0.05, 0.1) is 13.7 Å². The second-order valence-electron chi connectivity index (χ2n) is 5.15. The van der Waals surface area contributed by atoms with Crippen LogP contribution in [0.4, 0.5) is 0 Å². The van der Waals surface area contributed by atoms with Crippen LogP contribution in [0.2, 0.25) is 0 Å². The number of methoxy groups -OCH3 is 1. The number of ether oxygens (including phenoxy) is 1. The van der Waals surface area contributed by atoms with E-state index in [1.165, 1.54) is 0 Å². The second kappa shape index (κ2) is 6.17. The lowest BCUT2D eigenvalue weighted by Gasteiger charge is -2.35. The topological polar surface area (TPSA) is 56.3 Å². The summed E-state index contributed by atoms with van der Waals surface area (Å²) in [7, 11) is 1.68. The van der Waals surface area contributed by atoms with Crippen LogP contribution in [0.1, 0.15) is 17.4 Å². The molecule has 1 aromatic carbocycles. The van der Waals surface area contributed by atoms with E-state index in [0.717, 1.165) is 41.2 Å². The predicted octanol–water partition coefficient (Wildman–Crippen LogP) is 2.17. The monoisotopic (exact) mass is 350 g/mol. The van der Waals surface area contributed by atoms with Gasteiger partial charge >= 0.3 is 0 Å². The molecule has 1 atom stereocenters. The Hall–Kier alpha value is -1.37. The minimum atomic E-state index is 0.153. The number of hydrogen-bond donors (Lipinski definition) is 1. The van der Waals surface area contributed by atoms with E-state index >= 15 is 0 Å². The molecule has 2 N–H and O–H groups in total. The third-order valence-corrected chi connectivity index (χ3v) is 4.72. The Labute approximate surface area is 132 Å². The van der Waals surface area contributed by atoms with Gasteiger partial charge in [0.1, 0.15) is 11.6 Å². The maximum Gasteiger partial charge on any atom is 0.122 e. The largest absolute Gasteiger partial charge is 0.497 e. The number of benzene rings is 1. The Morgan fingerprint density at radius 3 is 3.05 bits per heavy atom. The summed E-state index contributed by atoms with van der Waals surface area (Å²) in [5.74, 6) is 1.95. The Morgan fingerprint density at radius 2 is 2.29 bits per heavy atom. The van der Waals surface area contributed by atoms with Gasteiger partial charge in [-0.1, -0.05) is 15.9 Å². The third-order valence-electron chi connectivity index (χ3n) is 4.00. The van der Waals surface area contributed by atoms with E-state index in [0.29, 0.717) is 6.54 Å². The number of imidazole rings is 1. The quantitative estimate of drug-likeness (QED) is 0.917. The molecule has 5 nitrogen and oxygen atoms in total. The van der Waals surface area contributed by atoms with Crippen molar-refractivity contribution >= 4 is 15.9 Å². The number of halogens is 1. The number of nitrogens with zero attached hydrogens (tertiary/aromatic N) is 3. The summed E-state index contributed by atoms with van der Waals surface area (Å²) >= 11 is 3.63. The van der Waals surface area contributed by atoms with Crippen LogP contribution in [0.15, 0.2) is 35.1 Å². The smallest absolute Gasteiger partial charge is 0.122 e. The zero-order valence-corrected chi connectivity index (χ0v) is 13.6. The zero-order chi connectivity index (χ0) is 14.8. The highest BCUT2D eigenvalue weighted by atomic mass is 79.9. The number of fused-ring (bicyclic) bond motifs is 1. The Kier molecular flexibility index (Phi) is 4.28. The summed E-state index contributed by atoms with van der Waals surface area (Å²) in [4.78, 5) is 6.79. The fraction of sp³-hybridized carbons (Fsp3) is 0.400. The average molecular weight is 351 g/mol. The molecular formula is C15H19BrN4O. The predicted molar refractivity (Wildman–Crippen MR) is 85.1 cm³/mol. The zero-order valence-electron chi connectivity index (χ0n) is 12.0. The summed E-state index contributed by atoms with van der Waals surface area (Å²) < 4.78 is 8.60. The average Bonchev–Trinajstić information content (AvgIpc) is 2.97. The molecule has 0 spiro atoms. The molecule has 0 amide bonds. The van der Waals surface area contributed by atoms with E-state index in [-0.39, 0.29) is 6.04 Å². The summed E-state index contributed by atoms with van der Waals surface area (Å²) in [6.07, 6.45) is 3.89. The first-order valence-corrected chi connectivity index (χ1v) is 7.79. The number of hydrogen-bond acceptors (Lipinski definition) is 4. The lowest BCUT2D eigenvalue weighted by atomic mass is 10.0. The lowest BCUT2D eigenvalue weighted by molar-refractivity contribution is 0.155. The van der Waals surface area contributed by atoms with Gasteiger partial charge in [0, 0.05) is 42.5 Å². The van der Waals surface area contributed by atoms with Crippen molar-refractivity contribution in [2.45, 2.75) is 19.1 Å².